The quantitative estimate of drug-likeness (QED) is 0.705. The Bertz CT molecular complexity index is 256. The lowest BCUT2D eigenvalue weighted by Gasteiger charge is -2.06. The Morgan fingerprint density at radius 3 is 2.93 bits per heavy atom. The molecule has 0 bridgehead atoms. The summed E-state index contributed by atoms with van der Waals surface area (Å²) in [7, 11) is 0. The molecular formula is C10H20N4. The van der Waals surface area contributed by atoms with Crippen molar-refractivity contribution in [2.75, 3.05) is 6.54 Å². The fraction of sp³-hybridized carbons (Fsp3) is 0.800. The molecule has 0 aliphatic rings. The summed E-state index contributed by atoms with van der Waals surface area (Å²) in [5.74, 6) is 0.888. The van der Waals surface area contributed by atoms with Crippen molar-refractivity contribution in [2.24, 2.45) is 0 Å². The molecule has 0 aliphatic heterocycles. The normalized spacial score (nSPS) is 13.1. The van der Waals surface area contributed by atoms with E-state index in [9.17, 15) is 0 Å². The van der Waals surface area contributed by atoms with Crippen molar-refractivity contribution in [3.63, 3.8) is 0 Å². The summed E-state index contributed by atoms with van der Waals surface area (Å²) >= 11 is 0. The zero-order valence-corrected chi connectivity index (χ0v) is 9.32. The van der Waals surface area contributed by atoms with Crippen LogP contribution in [0.25, 0.3) is 0 Å². The van der Waals surface area contributed by atoms with Gasteiger partial charge in [-0.2, -0.15) is 5.10 Å². The topological polar surface area (TPSA) is 42.7 Å². The molecule has 0 spiro atoms. The molecule has 0 aromatic carbocycles. The predicted octanol–water partition coefficient (Wildman–Crippen LogP) is 1.75. The summed E-state index contributed by atoms with van der Waals surface area (Å²) in [6.45, 7) is 8.26. The van der Waals surface area contributed by atoms with Crippen LogP contribution in [0.4, 0.5) is 0 Å². The van der Waals surface area contributed by atoms with Crippen LogP contribution in [0.5, 0.6) is 0 Å². The predicted molar refractivity (Wildman–Crippen MR) is 57.0 cm³/mol. The molecule has 1 rings (SSSR count). The monoisotopic (exact) mass is 196 g/mol. The molecule has 0 radical (unpaired) electrons. The second-order valence-corrected chi connectivity index (χ2v) is 3.57. The molecule has 1 aromatic rings. The highest BCUT2D eigenvalue weighted by atomic mass is 15.3. The third-order valence-electron chi connectivity index (χ3n) is 2.31. The summed E-state index contributed by atoms with van der Waals surface area (Å²) in [6, 6.07) is 0.447. The standard InChI is InChI=1S/C10H20N4/c1-4-6-11-7-10-12-8-14(13-10)9(3)5-2/h8-9,11H,4-7H2,1-3H3. The van der Waals surface area contributed by atoms with Crippen LogP contribution in [0.3, 0.4) is 0 Å². The van der Waals surface area contributed by atoms with Crippen molar-refractivity contribution in [2.45, 2.75) is 46.2 Å². The van der Waals surface area contributed by atoms with Crippen molar-refractivity contribution >= 4 is 0 Å². The first-order chi connectivity index (χ1) is 6.77. The minimum absolute atomic E-state index is 0.447. The highest BCUT2D eigenvalue weighted by molar-refractivity contribution is 4.82. The molecule has 1 atom stereocenters. The zero-order valence-electron chi connectivity index (χ0n) is 9.32. The maximum absolute atomic E-state index is 4.40. The van der Waals surface area contributed by atoms with E-state index in [0.29, 0.717) is 6.04 Å². The van der Waals surface area contributed by atoms with Gasteiger partial charge in [0.05, 0.1) is 12.6 Å². The summed E-state index contributed by atoms with van der Waals surface area (Å²) in [5, 5.41) is 7.68. The minimum Gasteiger partial charge on any atom is -0.310 e. The second-order valence-electron chi connectivity index (χ2n) is 3.57. The smallest absolute Gasteiger partial charge is 0.164 e. The fourth-order valence-electron chi connectivity index (χ4n) is 1.17. The van der Waals surface area contributed by atoms with Crippen molar-refractivity contribution < 1.29 is 0 Å². The Morgan fingerprint density at radius 1 is 1.50 bits per heavy atom. The van der Waals surface area contributed by atoms with E-state index in [4.69, 9.17) is 0 Å². The summed E-state index contributed by atoms with van der Waals surface area (Å²) < 4.78 is 1.93. The van der Waals surface area contributed by atoms with Gasteiger partial charge >= 0.3 is 0 Å². The first kappa shape index (κ1) is 11.2. The van der Waals surface area contributed by atoms with Crippen LogP contribution in [0.15, 0.2) is 6.33 Å². The van der Waals surface area contributed by atoms with E-state index in [1.807, 2.05) is 11.0 Å². The van der Waals surface area contributed by atoms with Crippen LogP contribution < -0.4 is 5.32 Å². The van der Waals surface area contributed by atoms with Gasteiger partial charge in [0.1, 0.15) is 6.33 Å². The number of nitrogens with zero attached hydrogens (tertiary/aromatic N) is 3. The van der Waals surface area contributed by atoms with E-state index >= 15 is 0 Å². The van der Waals surface area contributed by atoms with E-state index in [1.54, 1.807) is 0 Å². The molecule has 0 amide bonds. The SMILES string of the molecule is CCCNCc1ncn(C(C)CC)n1. The lowest BCUT2D eigenvalue weighted by molar-refractivity contribution is 0.471. The molecule has 1 aromatic heterocycles. The Kier molecular flexibility index (Phi) is 4.59. The lowest BCUT2D eigenvalue weighted by atomic mass is 10.3. The maximum Gasteiger partial charge on any atom is 0.164 e. The van der Waals surface area contributed by atoms with E-state index in [-0.39, 0.29) is 0 Å². The maximum atomic E-state index is 4.40. The van der Waals surface area contributed by atoms with E-state index in [1.165, 1.54) is 0 Å². The molecule has 1 heterocycles. The number of hydrogen-bond acceptors (Lipinski definition) is 3. The van der Waals surface area contributed by atoms with E-state index < -0.39 is 0 Å². The number of aromatic nitrogens is 3. The largest absolute Gasteiger partial charge is 0.310 e. The van der Waals surface area contributed by atoms with Crippen molar-refractivity contribution in [1.82, 2.24) is 20.1 Å². The second kappa shape index (κ2) is 5.75. The van der Waals surface area contributed by atoms with Gasteiger partial charge in [-0.05, 0) is 26.3 Å². The Labute approximate surface area is 85.7 Å². The van der Waals surface area contributed by atoms with Gasteiger partial charge in [-0.15, -0.1) is 0 Å². The average molecular weight is 196 g/mol. The molecule has 80 valence electrons. The highest BCUT2D eigenvalue weighted by Crippen LogP contribution is 2.06. The van der Waals surface area contributed by atoms with Gasteiger partial charge in [-0.3, -0.25) is 0 Å². The third kappa shape index (κ3) is 3.10. The average Bonchev–Trinajstić information content (AvgIpc) is 2.66. The van der Waals surface area contributed by atoms with E-state index in [0.717, 1.165) is 31.8 Å². The first-order valence-electron chi connectivity index (χ1n) is 5.38. The van der Waals surface area contributed by atoms with Crippen molar-refractivity contribution in [3.05, 3.63) is 12.2 Å². The molecule has 1 N–H and O–H groups in total. The van der Waals surface area contributed by atoms with Gasteiger partial charge in [0, 0.05) is 0 Å². The van der Waals surface area contributed by atoms with Crippen LogP contribution in [0.1, 0.15) is 45.5 Å². The number of hydrogen-bond donors (Lipinski definition) is 1. The fourth-order valence-corrected chi connectivity index (χ4v) is 1.17. The molecule has 0 aliphatic carbocycles. The molecule has 0 saturated carbocycles. The molecular weight excluding hydrogens is 176 g/mol. The van der Waals surface area contributed by atoms with Crippen molar-refractivity contribution in [3.8, 4) is 0 Å². The molecule has 4 heteroatoms. The summed E-state index contributed by atoms with van der Waals surface area (Å²) in [4.78, 5) is 4.25. The summed E-state index contributed by atoms with van der Waals surface area (Å²) in [5.41, 5.74) is 0. The van der Waals surface area contributed by atoms with Gasteiger partial charge in [0.15, 0.2) is 5.82 Å². The van der Waals surface area contributed by atoms with Crippen LogP contribution in [0.2, 0.25) is 0 Å². The van der Waals surface area contributed by atoms with Crippen molar-refractivity contribution in [1.29, 1.82) is 0 Å². The molecule has 0 saturated heterocycles. The zero-order chi connectivity index (χ0) is 10.4. The van der Waals surface area contributed by atoms with Gasteiger partial charge in [-0.1, -0.05) is 13.8 Å². The summed E-state index contributed by atoms with van der Waals surface area (Å²) in [6.07, 6.45) is 4.05. The van der Waals surface area contributed by atoms with Gasteiger partial charge in [0.25, 0.3) is 0 Å². The first-order valence-corrected chi connectivity index (χ1v) is 5.38. The highest BCUT2D eigenvalue weighted by Gasteiger charge is 2.04. The number of nitrogens with one attached hydrogen (secondary N) is 1. The third-order valence-corrected chi connectivity index (χ3v) is 2.31. The Morgan fingerprint density at radius 2 is 2.29 bits per heavy atom. The van der Waals surface area contributed by atoms with Gasteiger partial charge in [0.2, 0.25) is 0 Å². The Hall–Kier alpha value is -0.900. The van der Waals surface area contributed by atoms with Crippen LogP contribution in [-0.4, -0.2) is 21.3 Å². The minimum atomic E-state index is 0.447. The van der Waals surface area contributed by atoms with Crippen LogP contribution in [-0.2, 0) is 6.54 Å². The number of rotatable bonds is 6. The lowest BCUT2D eigenvalue weighted by Crippen LogP contribution is -2.15. The molecule has 0 fully saturated rings. The van der Waals surface area contributed by atoms with Gasteiger partial charge in [-0.25, -0.2) is 9.67 Å². The van der Waals surface area contributed by atoms with Crippen LogP contribution in [0, 0.1) is 0 Å². The molecule has 1 unspecified atom stereocenters. The van der Waals surface area contributed by atoms with Gasteiger partial charge < -0.3 is 5.32 Å². The molecule has 4 nitrogen and oxygen atoms in total. The van der Waals surface area contributed by atoms with E-state index in [2.05, 4.69) is 36.2 Å². The molecule has 14 heavy (non-hydrogen) atoms. The van der Waals surface area contributed by atoms with Crippen LogP contribution >= 0.6 is 0 Å². The Balaban J connectivity index is 2.42.